The van der Waals surface area contributed by atoms with E-state index in [-0.39, 0.29) is 11.7 Å². The smallest absolute Gasteiger partial charge is 0.410 e. The van der Waals surface area contributed by atoms with Crippen LogP contribution >= 0.6 is 0 Å². The minimum atomic E-state index is -0.148. The van der Waals surface area contributed by atoms with Crippen LogP contribution in [0.4, 0.5) is 4.79 Å². The molecule has 0 aromatic rings. The molecule has 78 valence electrons. The van der Waals surface area contributed by atoms with E-state index in [0.717, 1.165) is 32.5 Å². The maximum Gasteiger partial charge on any atom is 0.410 e. The summed E-state index contributed by atoms with van der Waals surface area (Å²) >= 11 is 0. The van der Waals surface area contributed by atoms with Crippen LogP contribution in [0.25, 0.3) is 0 Å². The summed E-state index contributed by atoms with van der Waals surface area (Å²) in [4.78, 5) is 13.5. The minimum Gasteiger partial charge on any atom is -0.441 e. The lowest BCUT2D eigenvalue weighted by molar-refractivity contribution is 0.0316. The van der Waals surface area contributed by atoms with Gasteiger partial charge in [0, 0.05) is 18.9 Å². The van der Waals surface area contributed by atoms with Gasteiger partial charge in [0.1, 0.15) is 5.60 Å². The molecule has 1 spiro atoms. The fourth-order valence-electron chi connectivity index (χ4n) is 2.46. The van der Waals surface area contributed by atoms with Crippen LogP contribution in [0.15, 0.2) is 0 Å². The molecule has 0 atom stereocenters. The number of rotatable bonds is 1. The highest BCUT2D eigenvalue weighted by Gasteiger charge is 2.49. The first kappa shape index (κ1) is 8.53. The molecule has 4 nitrogen and oxygen atoms in total. The minimum absolute atomic E-state index is 0.0746. The van der Waals surface area contributed by atoms with E-state index in [9.17, 15) is 4.79 Å². The Kier molecular flexibility index (Phi) is 1.74. The first-order valence-electron chi connectivity index (χ1n) is 5.49. The average molecular weight is 196 g/mol. The molecule has 4 heteroatoms. The van der Waals surface area contributed by atoms with Crippen molar-refractivity contribution in [3.05, 3.63) is 0 Å². The van der Waals surface area contributed by atoms with Gasteiger partial charge in [0.15, 0.2) is 0 Å². The molecule has 2 heterocycles. The predicted molar refractivity (Wildman–Crippen MR) is 51.0 cm³/mol. The first-order valence-corrected chi connectivity index (χ1v) is 5.49. The van der Waals surface area contributed by atoms with E-state index >= 15 is 0 Å². The van der Waals surface area contributed by atoms with Gasteiger partial charge in [0.05, 0.1) is 6.54 Å². The molecule has 3 fully saturated rings. The van der Waals surface area contributed by atoms with E-state index in [2.05, 4.69) is 5.32 Å². The molecule has 2 aliphatic heterocycles. The molecule has 0 aromatic carbocycles. The van der Waals surface area contributed by atoms with Gasteiger partial charge >= 0.3 is 6.09 Å². The van der Waals surface area contributed by atoms with Crippen molar-refractivity contribution in [2.75, 3.05) is 19.6 Å². The van der Waals surface area contributed by atoms with E-state index < -0.39 is 0 Å². The standard InChI is InChI=1S/C10H16N2O2/c13-9-12(8-1-2-8)7-10(14-9)3-5-11-6-4-10/h8,11H,1-7H2. The van der Waals surface area contributed by atoms with Crippen LogP contribution in [-0.2, 0) is 4.74 Å². The number of amides is 1. The normalized spacial score (nSPS) is 30.9. The molecule has 1 aliphatic carbocycles. The summed E-state index contributed by atoms with van der Waals surface area (Å²) in [5, 5.41) is 3.30. The van der Waals surface area contributed by atoms with Gasteiger partial charge < -0.3 is 15.0 Å². The van der Waals surface area contributed by atoms with E-state index in [4.69, 9.17) is 4.74 Å². The number of hydrogen-bond acceptors (Lipinski definition) is 3. The van der Waals surface area contributed by atoms with Gasteiger partial charge in [0.2, 0.25) is 0 Å². The topological polar surface area (TPSA) is 41.6 Å². The summed E-state index contributed by atoms with van der Waals surface area (Å²) < 4.78 is 5.55. The van der Waals surface area contributed by atoms with Gasteiger partial charge in [-0.15, -0.1) is 0 Å². The fourth-order valence-corrected chi connectivity index (χ4v) is 2.46. The second-order valence-corrected chi connectivity index (χ2v) is 4.66. The molecule has 14 heavy (non-hydrogen) atoms. The molecule has 0 unspecified atom stereocenters. The third kappa shape index (κ3) is 1.29. The van der Waals surface area contributed by atoms with Crippen LogP contribution in [0.2, 0.25) is 0 Å². The molecule has 0 bridgehead atoms. The number of ether oxygens (including phenoxy) is 1. The van der Waals surface area contributed by atoms with Crippen molar-refractivity contribution in [2.45, 2.75) is 37.3 Å². The summed E-state index contributed by atoms with van der Waals surface area (Å²) in [5.41, 5.74) is -0.148. The van der Waals surface area contributed by atoms with Crippen LogP contribution in [0.5, 0.6) is 0 Å². The molecule has 3 rings (SSSR count). The van der Waals surface area contributed by atoms with Crippen molar-refractivity contribution in [1.82, 2.24) is 10.2 Å². The Bertz CT molecular complexity index is 257. The Morgan fingerprint density at radius 3 is 2.71 bits per heavy atom. The molecule has 1 amide bonds. The van der Waals surface area contributed by atoms with Gasteiger partial charge in [-0.05, 0) is 25.9 Å². The molecular formula is C10H16N2O2. The zero-order valence-corrected chi connectivity index (χ0v) is 8.29. The number of nitrogens with one attached hydrogen (secondary N) is 1. The summed E-state index contributed by atoms with van der Waals surface area (Å²) in [6.45, 7) is 2.79. The fraction of sp³-hybridized carbons (Fsp3) is 0.900. The maximum absolute atomic E-state index is 11.6. The maximum atomic E-state index is 11.6. The first-order chi connectivity index (χ1) is 6.79. The second-order valence-electron chi connectivity index (χ2n) is 4.66. The summed E-state index contributed by atoms with van der Waals surface area (Å²) in [7, 11) is 0. The van der Waals surface area contributed by atoms with Crippen molar-refractivity contribution in [2.24, 2.45) is 0 Å². The highest BCUT2D eigenvalue weighted by atomic mass is 16.6. The molecule has 1 saturated carbocycles. The molecule has 2 saturated heterocycles. The highest BCUT2D eigenvalue weighted by molar-refractivity contribution is 5.71. The van der Waals surface area contributed by atoms with Crippen LogP contribution < -0.4 is 5.32 Å². The number of carbonyl (C=O) groups is 1. The van der Waals surface area contributed by atoms with Crippen molar-refractivity contribution >= 4 is 6.09 Å². The summed E-state index contributed by atoms with van der Waals surface area (Å²) in [6.07, 6.45) is 4.21. The van der Waals surface area contributed by atoms with Crippen molar-refractivity contribution < 1.29 is 9.53 Å². The summed E-state index contributed by atoms with van der Waals surface area (Å²) in [5.74, 6) is 0. The molecular weight excluding hydrogens is 180 g/mol. The van der Waals surface area contributed by atoms with Crippen molar-refractivity contribution in [1.29, 1.82) is 0 Å². The Balaban J connectivity index is 1.73. The lowest BCUT2D eigenvalue weighted by atomic mass is 9.92. The molecule has 1 N–H and O–H groups in total. The Labute approximate surface area is 83.6 Å². The zero-order valence-electron chi connectivity index (χ0n) is 8.29. The van der Waals surface area contributed by atoms with E-state index in [1.165, 1.54) is 12.8 Å². The van der Waals surface area contributed by atoms with Crippen LogP contribution in [0, 0.1) is 0 Å². The molecule has 0 radical (unpaired) electrons. The Morgan fingerprint density at radius 1 is 1.36 bits per heavy atom. The number of nitrogens with zero attached hydrogens (tertiary/aromatic N) is 1. The van der Waals surface area contributed by atoms with E-state index in [1.54, 1.807) is 0 Å². The van der Waals surface area contributed by atoms with Gasteiger partial charge in [-0.1, -0.05) is 0 Å². The largest absolute Gasteiger partial charge is 0.441 e. The third-order valence-electron chi connectivity index (χ3n) is 3.50. The molecule has 0 aromatic heterocycles. The van der Waals surface area contributed by atoms with E-state index in [1.807, 2.05) is 4.90 Å². The van der Waals surface area contributed by atoms with Crippen LogP contribution in [-0.4, -0.2) is 42.3 Å². The number of carbonyl (C=O) groups excluding carboxylic acids is 1. The third-order valence-corrected chi connectivity index (χ3v) is 3.50. The van der Waals surface area contributed by atoms with Gasteiger partial charge in [-0.25, -0.2) is 4.79 Å². The quantitative estimate of drug-likeness (QED) is 0.672. The number of piperidine rings is 1. The second kappa shape index (κ2) is 2.86. The van der Waals surface area contributed by atoms with Gasteiger partial charge in [-0.3, -0.25) is 0 Å². The lowest BCUT2D eigenvalue weighted by Crippen LogP contribution is -2.45. The number of hydrogen-bond donors (Lipinski definition) is 1. The Hall–Kier alpha value is -0.770. The SMILES string of the molecule is O=C1OC2(CCNCC2)CN1C1CC1. The zero-order chi connectivity index (χ0) is 9.60. The highest BCUT2D eigenvalue weighted by Crippen LogP contribution is 2.37. The van der Waals surface area contributed by atoms with E-state index in [0.29, 0.717) is 6.04 Å². The summed E-state index contributed by atoms with van der Waals surface area (Å²) in [6, 6.07) is 0.497. The Morgan fingerprint density at radius 2 is 2.07 bits per heavy atom. The lowest BCUT2D eigenvalue weighted by Gasteiger charge is -2.31. The van der Waals surface area contributed by atoms with Crippen LogP contribution in [0.3, 0.4) is 0 Å². The molecule has 3 aliphatic rings. The van der Waals surface area contributed by atoms with Gasteiger partial charge in [-0.2, -0.15) is 0 Å². The van der Waals surface area contributed by atoms with Crippen LogP contribution in [0.1, 0.15) is 25.7 Å². The monoisotopic (exact) mass is 196 g/mol. The average Bonchev–Trinajstić information content (AvgIpc) is 2.95. The van der Waals surface area contributed by atoms with Crippen molar-refractivity contribution in [3.63, 3.8) is 0 Å². The van der Waals surface area contributed by atoms with Crippen molar-refractivity contribution in [3.8, 4) is 0 Å². The van der Waals surface area contributed by atoms with Gasteiger partial charge in [0.25, 0.3) is 0 Å². The predicted octanol–water partition coefficient (Wildman–Crippen LogP) is 0.723.